The van der Waals surface area contributed by atoms with E-state index in [9.17, 15) is 14.3 Å². The Hall–Kier alpha value is -3.98. The summed E-state index contributed by atoms with van der Waals surface area (Å²) in [6.45, 7) is 4.03. The normalized spacial score (nSPS) is 12.4. The molecule has 4 aromatic rings. The number of rotatable bonds is 12. The van der Waals surface area contributed by atoms with Crippen molar-refractivity contribution in [2.45, 2.75) is 33.3 Å². The van der Waals surface area contributed by atoms with Crippen LogP contribution in [0.1, 0.15) is 29.5 Å². The quantitative estimate of drug-likeness (QED) is 0.173. The summed E-state index contributed by atoms with van der Waals surface area (Å²) >= 11 is 1.57. The van der Waals surface area contributed by atoms with Gasteiger partial charge in [-0.05, 0) is 67.1 Å². The molecule has 1 unspecified atom stereocenters. The van der Waals surface area contributed by atoms with Gasteiger partial charge in [0.05, 0.1) is 22.9 Å². The monoisotopic (exact) mass is 522 g/mol. The summed E-state index contributed by atoms with van der Waals surface area (Å²) in [4.78, 5) is 22.8. The van der Waals surface area contributed by atoms with E-state index < -0.39 is 11.9 Å². The number of oxazole rings is 1. The van der Waals surface area contributed by atoms with Gasteiger partial charge in [0.15, 0.2) is 0 Å². The van der Waals surface area contributed by atoms with Gasteiger partial charge in [-0.2, -0.15) is 0 Å². The number of carbonyl (C=O) groups is 1. The second kappa shape index (κ2) is 12.3. The van der Waals surface area contributed by atoms with Gasteiger partial charge in [0.25, 0.3) is 0 Å². The Kier molecular flexibility index (Phi) is 8.68. The molecule has 4 rings (SSSR count). The van der Waals surface area contributed by atoms with Crippen LogP contribution in [0.4, 0.5) is 4.39 Å². The van der Waals surface area contributed by atoms with Gasteiger partial charge in [0.2, 0.25) is 5.89 Å². The van der Waals surface area contributed by atoms with E-state index in [0.717, 1.165) is 27.5 Å². The molecular weight excluding hydrogens is 495 g/mol. The minimum absolute atomic E-state index is 0.118. The fourth-order valence-corrected chi connectivity index (χ4v) is 4.34. The molecule has 0 saturated carbocycles. The lowest BCUT2D eigenvalue weighted by atomic mass is 9.95. The minimum atomic E-state index is -0.999. The lowest BCUT2D eigenvalue weighted by molar-refractivity contribution is -0.139. The van der Waals surface area contributed by atoms with E-state index in [2.05, 4.69) is 10.1 Å². The minimum Gasteiger partial charge on any atom is -0.493 e. The zero-order chi connectivity index (χ0) is 26.2. The Morgan fingerprint density at radius 3 is 2.70 bits per heavy atom. The number of halogens is 1. The maximum atomic E-state index is 13.0. The van der Waals surface area contributed by atoms with Crippen LogP contribution in [-0.4, -0.2) is 28.4 Å². The molecule has 0 fully saturated rings. The van der Waals surface area contributed by atoms with Gasteiger partial charge in [-0.25, -0.2) is 9.37 Å². The van der Waals surface area contributed by atoms with Gasteiger partial charge in [0.1, 0.15) is 29.9 Å². The predicted octanol–water partition coefficient (Wildman–Crippen LogP) is 6.31. The Labute approximate surface area is 218 Å². The van der Waals surface area contributed by atoms with Crippen molar-refractivity contribution in [1.82, 2.24) is 4.98 Å². The van der Waals surface area contributed by atoms with Crippen LogP contribution >= 0.6 is 11.3 Å². The number of hydrogen-bond acceptors (Lipinski definition) is 7. The van der Waals surface area contributed by atoms with Crippen LogP contribution in [0.15, 0.2) is 75.6 Å². The molecule has 0 bridgehead atoms. The first kappa shape index (κ1) is 26.1. The number of benzene rings is 2. The molecule has 192 valence electrons. The molecular formula is C28H27FN2O5S. The number of oxime groups is 1. The molecule has 0 aliphatic rings. The third kappa shape index (κ3) is 7.27. The molecule has 0 spiro atoms. The highest BCUT2D eigenvalue weighted by Crippen LogP contribution is 2.26. The third-order valence-corrected chi connectivity index (χ3v) is 6.58. The van der Waals surface area contributed by atoms with E-state index in [1.807, 2.05) is 48.7 Å². The van der Waals surface area contributed by atoms with Crippen LogP contribution in [0.5, 0.6) is 5.75 Å². The average Bonchev–Trinajstić information content (AvgIpc) is 3.54. The van der Waals surface area contributed by atoms with Crippen molar-refractivity contribution in [3.05, 3.63) is 94.4 Å². The summed E-state index contributed by atoms with van der Waals surface area (Å²) in [7, 11) is 0. The number of carboxylic acids is 1. The maximum absolute atomic E-state index is 13.0. The third-order valence-electron chi connectivity index (χ3n) is 5.73. The molecule has 2 aromatic carbocycles. The fraction of sp³-hybridized carbons (Fsp3) is 0.250. The van der Waals surface area contributed by atoms with Crippen molar-refractivity contribution in [3.63, 3.8) is 0 Å². The smallest absolute Gasteiger partial charge is 0.312 e. The molecule has 0 aliphatic heterocycles. The van der Waals surface area contributed by atoms with Crippen LogP contribution in [-0.2, 0) is 29.1 Å². The lowest BCUT2D eigenvalue weighted by Crippen LogP contribution is -2.24. The number of carboxylic acid groups (broad SMARTS) is 1. The molecule has 37 heavy (non-hydrogen) atoms. The van der Waals surface area contributed by atoms with E-state index in [-0.39, 0.29) is 18.8 Å². The van der Waals surface area contributed by atoms with Gasteiger partial charge in [-0.15, -0.1) is 11.3 Å². The molecule has 9 heteroatoms. The average molecular weight is 523 g/mol. The highest BCUT2D eigenvalue weighted by atomic mass is 32.1. The summed E-state index contributed by atoms with van der Waals surface area (Å²) in [5.41, 5.74) is 2.72. The first-order chi connectivity index (χ1) is 17.9. The lowest BCUT2D eigenvalue weighted by Gasteiger charge is -2.13. The van der Waals surface area contributed by atoms with Gasteiger partial charge < -0.3 is 19.1 Å². The number of hydrogen-bond donors (Lipinski definition) is 1. The summed E-state index contributed by atoms with van der Waals surface area (Å²) in [5.74, 6) is -0.178. The largest absolute Gasteiger partial charge is 0.493 e. The molecule has 1 atom stereocenters. The molecule has 0 aliphatic carbocycles. The van der Waals surface area contributed by atoms with Gasteiger partial charge in [0, 0.05) is 6.42 Å². The van der Waals surface area contributed by atoms with Crippen molar-refractivity contribution < 1.29 is 28.3 Å². The maximum Gasteiger partial charge on any atom is 0.312 e. The molecule has 2 heterocycles. The van der Waals surface area contributed by atoms with Crippen molar-refractivity contribution in [2.24, 2.45) is 11.1 Å². The van der Waals surface area contributed by atoms with E-state index in [1.54, 1.807) is 30.4 Å². The van der Waals surface area contributed by atoms with E-state index in [0.29, 0.717) is 30.4 Å². The topological polar surface area (TPSA) is 94.2 Å². The molecule has 2 aromatic heterocycles. The van der Waals surface area contributed by atoms with Crippen LogP contribution in [0, 0.1) is 18.7 Å². The summed E-state index contributed by atoms with van der Waals surface area (Å²) in [6, 6.07) is 17.1. The number of nitrogens with zero attached hydrogens (tertiary/aromatic N) is 2. The second-order valence-electron chi connectivity index (χ2n) is 8.47. The number of ether oxygens (including phenoxy) is 1. The van der Waals surface area contributed by atoms with Crippen LogP contribution < -0.4 is 4.74 Å². The van der Waals surface area contributed by atoms with Crippen LogP contribution in [0.2, 0.25) is 0 Å². The fourth-order valence-electron chi connectivity index (χ4n) is 3.70. The number of thiophene rings is 1. The molecule has 7 nitrogen and oxygen atoms in total. The highest BCUT2D eigenvalue weighted by Gasteiger charge is 2.22. The zero-order valence-corrected chi connectivity index (χ0v) is 21.3. The van der Waals surface area contributed by atoms with Crippen LogP contribution in [0.3, 0.4) is 0 Å². The molecule has 0 saturated heterocycles. The standard InChI is InChI=1S/C28H27FN2O5S/c1-18(31-35-17-20-8-10-22(29)11-9-20)24(28(32)33)16-21-5-3-6-23(15-21)34-13-12-25-19(2)36-27(30-25)26-7-4-14-37-26/h3-11,14-15,24H,12-13,16-17H2,1-2H3,(H,32,33). The Morgan fingerprint density at radius 1 is 1.16 bits per heavy atom. The molecule has 0 amide bonds. The van der Waals surface area contributed by atoms with Crippen molar-refractivity contribution >= 4 is 23.0 Å². The van der Waals surface area contributed by atoms with Crippen molar-refractivity contribution in [1.29, 1.82) is 0 Å². The number of aromatic nitrogens is 1. The number of aryl methyl sites for hydroxylation is 1. The van der Waals surface area contributed by atoms with E-state index >= 15 is 0 Å². The highest BCUT2D eigenvalue weighted by molar-refractivity contribution is 7.13. The van der Waals surface area contributed by atoms with Crippen molar-refractivity contribution in [3.8, 4) is 16.5 Å². The molecule has 0 radical (unpaired) electrons. The summed E-state index contributed by atoms with van der Waals surface area (Å²) < 4.78 is 24.7. The Bertz CT molecular complexity index is 1350. The SMILES string of the molecule is CC(=NOCc1ccc(F)cc1)C(Cc1cccc(OCCc2nc(-c3cccs3)oc2C)c1)C(=O)O. The van der Waals surface area contributed by atoms with Crippen LogP contribution in [0.25, 0.3) is 10.8 Å². The first-order valence-electron chi connectivity index (χ1n) is 11.7. The van der Waals surface area contributed by atoms with E-state index in [1.165, 1.54) is 12.1 Å². The first-order valence-corrected chi connectivity index (χ1v) is 12.6. The summed E-state index contributed by atoms with van der Waals surface area (Å²) in [6.07, 6.45) is 0.814. The zero-order valence-electron chi connectivity index (χ0n) is 20.5. The second-order valence-corrected chi connectivity index (χ2v) is 9.42. The van der Waals surface area contributed by atoms with Gasteiger partial charge in [-0.3, -0.25) is 4.79 Å². The molecule has 1 N–H and O–H groups in total. The van der Waals surface area contributed by atoms with Crippen molar-refractivity contribution in [2.75, 3.05) is 6.61 Å². The Morgan fingerprint density at radius 2 is 1.97 bits per heavy atom. The van der Waals surface area contributed by atoms with E-state index in [4.69, 9.17) is 14.0 Å². The van der Waals surface area contributed by atoms with Gasteiger partial charge >= 0.3 is 5.97 Å². The number of aliphatic carboxylic acids is 1. The van der Waals surface area contributed by atoms with Gasteiger partial charge in [-0.1, -0.05) is 35.5 Å². The predicted molar refractivity (Wildman–Crippen MR) is 139 cm³/mol. The Balaban J connectivity index is 1.32. The summed E-state index contributed by atoms with van der Waals surface area (Å²) in [5, 5.41) is 15.7.